The zero-order chi connectivity index (χ0) is 14.4. The maximum Gasteiger partial charge on any atom is 0.119 e. The molecule has 0 aliphatic heterocycles. The van der Waals surface area contributed by atoms with Crippen LogP contribution >= 0.6 is 0 Å². The van der Waals surface area contributed by atoms with Crippen molar-refractivity contribution in [3.63, 3.8) is 0 Å². The lowest BCUT2D eigenvalue weighted by Crippen LogP contribution is -2.36. The Kier molecular flexibility index (Phi) is 5.90. The van der Waals surface area contributed by atoms with Crippen molar-refractivity contribution >= 4 is 0 Å². The van der Waals surface area contributed by atoms with Crippen molar-refractivity contribution in [2.75, 3.05) is 13.7 Å². The van der Waals surface area contributed by atoms with E-state index in [1.807, 2.05) is 6.07 Å². The lowest BCUT2D eigenvalue weighted by Gasteiger charge is -2.32. The van der Waals surface area contributed by atoms with Crippen molar-refractivity contribution < 1.29 is 4.74 Å². The zero-order valence-electron chi connectivity index (χ0n) is 13.2. The Morgan fingerprint density at radius 1 is 1.30 bits per heavy atom. The van der Waals surface area contributed by atoms with Crippen molar-refractivity contribution in [3.8, 4) is 5.75 Å². The van der Waals surface area contributed by atoms with E-state index in [9.17, 15) is 0 Å². The van der Waals surface area contributed by atoms with Crippen LogP contribution in [0.3, 0.4) is 0 Å². The Balaban J connectivity index is 1.75. The number of rotatable bonds is 6. The summed E-state index contributed by atoms with van der Waals surface area (Å²) in [5, 5.41) is 3.75. The largest absolute Gasteiger partial charge is 0.497 e. The average Bonchev–Trinajstić information content (AvgIpc) is 2.48. The second-order valence-electron chi connectivity index (χ2n) is 6.42. The van der Waals surface area contributed by atoms with Gasteiger partial charge < -0.3 is 10.1 Å². The van der Waals surface area contributed by atoms with Gasteiger partial charge in [0, 0.05) is 6.04 Å². The molecule has 1 aliphatic rings. The predicted molar refractivity (Wildman–Crippen MR) is 85.3 cm³/mol. The minimum atomic E-state index is 0.724. The molecule has 0 radical (unpaired) electrons. The quantitative estimate of drug-likeness (QED) is 0.846. The molecule has 1 aliphatic carbocycles. The maximum atomic E-state index is 5.27. The number of nitrogens with one attached hydrogen (secondary N) is 1. The van der Waals surface area contributed by atoms with E-state index in [4.69, 9.17) is 4.74 Å². The van der Waals surface area contributed by atoms with Gasteiger partial charge in [-0.05, 0) is 55.3 Å². The first-order chi connectivity index (χ1) is 9.69. The van der Waals surface area contributed by atoms with Crippen molar-refractivity contribution in [2.24, 2.45) is 11.8 Å². The van der Waals surface area contributed by atoms with E-state index in [-0.39, 0.29) is 0 Å². The number of benzene rings is 1. The summed E-state index contributed by atoms with van der Waals surface area (Å²) in [7, 11) is 1.73. The van der Waals surface area contributed by atoms with Crippen LogP contribution in [0.5, 0.6) is 5.75 Å². The molecule has 20 heavy (non-hydrogen) atoms. The lowest BCUT2D eigenvalue weighted by molar-refractivity contribution is 0.232. The van der Waals surface area contributed by atoms with Gasteiger partial charge in [-0.25, -0.2) is 0 Å². The molecule has 1 aromatic carbocycles. The highest BCUT2D eigenvalue weighted by Gasteiger charge is 2.23. The summed E-state index contributed by atoms with van der Waals surface area (Å²) in [6.45, 7) is 5.80. The smallest absolute Gasteiger partial charge is 0.119 e. The van der Waals surface area contributed by atoms with Gasteiger partial charge in [-0.15, -0.1) is 0 Å². The number of hydrogen-bond acceptors (Lipinski definition) is 2. The van der Waals surface area contributed by atoms with Gasteiger partial charge in [0.25, 0.3) is 0 Å². The van der Waals surface area contributed by atoms with Crippen LogP contribution < -0.4 is 10.1 Å². The summed E-state index contributed by atoms with van der Waals surface area (Å²) in [6, 6.07) is 9.12. The minimum Gasteiger partial charge on any atom is -0.497 e. The van der Waals surface area contributed by atoms with Gasteiger partial charge in [0.05, 0.1) is 7.11 Å². The third-order valence-electron chi connectivity index (χ3n) is 4.64. The van der Waals surface area contributed by atoms with Gasteiger partial charge >= 0.3 is 0 Å². The summed E-state index contributed by atoms with van der Waals surface area (Å²) in [6.07, 6.45) is 6.60. The molecule has 2 heteroatoms. The Hall–Kier alpha value is -1.02. The molecule has 0 saturated heterocycles. The minimum absolute atomic E-state index is 0.724. The summed E-state index contributed by atoms with van der Waals surface area (Å²) in [4.78, 5) is 0. The third-order valence-corrected chi connectivity index (χ3v) is 4.64. The lowest BCUT2D eigenvalue weighted by atomic mass is 9.79. The highest BCUT2D eigenvalue weighted by molar-refractivity contribution is 5.28. The third kappa shape index (κ3) is 4.52. The van der Waals surface area contributed by atoms with Gasteiger partial charge in [-0.2, -0.15) is 0 Å². The molecular formula is C18H29NO. The molecule has 1 N–H and O–H groups in total. The van der Waals surface area contributed by atoms with Crippen molar-refractivity contribution in [2.45, 2.75) is 52.0 Å². The first-order valence-electron chi connectivity index (χ1n) is 8.05. The van der Waals surface area contributed by atoms with Crippen LogP contribution in [-0.4, -0.2) is 19.7 Å². The predicted octanol–water partition coefficient (Wildman–Crippen LogP) is 4.04. The highest BCUT2D eigenvalue weighted by atomic mass is 16.5. The second kappa shape index (κ2) is 7.68. The van der Waals surface area contributed by atoms with Gasteiger partial charge in [-0.1, -0.05) is 38.8 Å². The Labute approximate surface area is 123 Å². The molecule has 0 amide bonds. The molecule has 2 rings (SSSR count). The molecule has 0 heterocycles. The van der Waals surface area contributed by atoms with Crippen LogP contribution in [0.15, 0.2) is 24.3 Å². The maximum absolute atomic E-state index is 5.27. The van der Waals surface area contributed by atoms with Crippen LogP contribution in [0, 0.1) is 11.8 Å². The Morgan fingerprint density at radius 3 is 2.90 bits per heavy atom. The van der Waals surface area contributed by atoms with E-state index < -0.39 is 0 Å². The normalized spacial score (nSPS) is 23.0. The van der Waals surface area contributed by atoms with E-state index in [2.05, 4.69) is 37.4 Å². The molecule has 1 fully saturated rings. The molecule has 2 atom stereocenters. The van der Waals surface area contributed by atoms with Gasteiger partial charge in [0.1, 0.15) is 5.75 Å². The van der Waals surface area contributed by atoms with E-state index >= 15 is 0 Å². The van der Waals surface area contributed by atoms with Crippen LogP contribution in [0.2, 0.25) is 0 Å². The van der Waals surface area contributed by atoms with Crippen LogP contribution in [-0.2, 0) is 6.42 Å². The number of hydrogen-bond donors (Lipinski definition) is 1. The molecular weight excluding hydrogens is 246 g/mol. The molecule has 2 unspecified atom stereocenters. The van der Waals surface area contributed by atoms with E-state index in [0.717, 1.165) is 36.6 Å². The molecule has 0 bridgehead atoms. The summed E-state index contributed by atoms with van der Waals surface area (Å²) in [5.74, 6) is 2.70. The topological polar surface area (TPSA) is 21.3 Å². The fourth-order valence-corrected chi connectivity index (χ4v) is 3.27. The standard InChI is InChI=1S/C18H29NO/c1-14(2)16-7-5-8-17(13-16)19-11-10-15-6-4-9-18(12-15)20-3/h4,6,9,12,14,16-17,19H,5,7-8,10-11,13H2,1-3H3. The fourth-order valence-electron chi connectivity index (χ4n) is 3.27. The van der Waals surface area contributed by atoms with Gasteiger partial charge in [0.2, 0.25) is 0 Å². The molecule has 0 spiro atoms. The second-order valence-corrected chi connectivity index (χ2v) is 6.42. The summed E-state index contributed by atoms with van der Waals surface area (Å²) < 4.78 is 5.27. The van der Waals surface area contributed by atoms with Crippen LogP contribution in [0.25, 0.3) is 0 Å². The van der Waals surface area contributed by atoms with Crippen LogP contribution in [0.1, 0.15) is 45.1 Å². The summed E-state index contributed by atoms with van der Waals surface area (Å²) >= 11 is 0. The molecule has 112 valence electrons. The zero-order valence-corrected chi connectivity index (χ0v) is 13.2. The first-order valence-corrected chi connectivity index (χ1v) is 8.05. The highest BCUT2D eigenvalue weighted by Crippen LogP contribution is 2.29. The average molecular weight is 275 g/mol. The SMILES string of the molecule is COc1cccc(CCNC2CCCC(C(C)C)C2)c1. The number of ether oxygens (including phenoxy) is 1. The van der Waals surface area contributed by atoms with E-state index in [0.29, 0.717) is 0 Å². The van der Waals surface area contributed by atoms with E-state index in [1.54, 1.807) is 7.11 Å². The Bertz CT molecular complexity index is 402. The van der Waals surface area contributed by atoms with Crippen molar-refractivity contribution in [1.29, 1.82) is 0 Å². The van der Waals surface area contributed by atoms with Crippen molar-refractivity contribution in [3.05, 3.63) is 29.8 Å². The Morgan fingerprint density at radius 2 is 2.15 bits per heavy atom. The van der Waals surface area contributed by atoms with E-state index in [1.165, 1.54) is 31.2 Å². The monoisotopic (exact) mass is 275 g/mol. The fraction of sp³-hybridized carbons (Fsp3) is 0.667. The van der Waals surface area contributed by atoms with Crippen molar-refractivity contribution in [1.82, 2.24) is 5.32 Å². The first kappa shape index (κ1) is 15.4. The van der Waals surface area contributed by atoms with Gasteiger partial charge in [-0.3, -0.25) is 0 Å². The summed E-state index contributed by atoms with van der Waals surface area (Å²) in [5.41, 5.74) is 1.35. The molecule has 2 nitrogen and oxygen atoms in total. The molecule has 1 saturated carbocycles. The van der Waals surface area contributed by atoms with Gasteiger partial charge in [0.15, 0.2) is 0 Å². The molecule has 1 aromatic rings. The molecule has 0 aromatic heterocycles. The number of methoxy groups -OCH3 is 1. The van der Waals surface area contributed by atoms with Crippen LogP contribution in [0.4, 0.5) is 0 Å².